The van der Waals surface area contributed by atoms with E-state index >= 15 is 0 Å². The van der Waals surface area contributed by atoms with Gasteiger partial charge in [0.2, 0.25) is 0 Å². The van der Waals surface area contributed by atoms with Crippen LogP contribution in [0.5, 0.6) is 5.75 Å². The lowest BCUT2D eigenvalue weighted by atomic mass is 9.48. The summed E-state index contributed by atoms with van der Waals surface area (Å²) >= 11 is 0. The molecule has 0 heterocycles. The fourth-order valence-corrected chi connectivity index (χ4v) is 4.95. The molecule has 30 heavy (non-hydrogen) atoms. The molecule has 0 aromatic heterocycles. The number of aliphatic hydroxyl groups excluding tert-OH is 2. The Labute approximate surface area is 177 Å². The lowest BCUT2D eigenvalue weighted by molar-refractivity contribution is -0.162. The number of para-hydroxylation sites is 1. The van der Waals surface area contributed by atoms with Crippen LogP contribution < -0.4 is 4.74 Å². The van der Waals surface area contributed by atoms with Crippen LogP contribution in [0.15, 0.2) is 42.0 Å². The number of carbonyl (C=O) groups is 1. The van der Waals surface area contributed by atoms with Gasteiger partial charge in [-0.2, -0.15) is 0 Å². The monoisotopic (exact) mass is 414 g/mol. The first-order chi connectivity index (χ1) is 14.4. The molecule has 0 bridgehead atoms. The van der Waals surface area contributed by atoms with Gasteiger partial charge in [-0.1, -0.05) is 43.0 Å². The molecule has 162 valence electrons. The number of methoxy groups -OCH3 is 1. The van der Waals surface area contributed by atoms with Crippen molar-refractivity contribution < 1.29 is 29.6 Å². The molecular formula is C24H30O6. The third-order valence-corrected chi connectivity index (χ3v) is 6.32. The molecule has 6 heteroatoms. The molecule has 6 nitrogen and oxygen atoms in total. The van der Waals surface area contributed by atoms with E-state index in [0.29, 0.717) is 25.0 Å². The zero-order chi connectivity index (χ0) is 21.7. The van der Waals surface area contributed by atoms with Gasteiger partial charge in [0.05, 0.1) is 17.6 Å². The predicted molar refractivity (Wildman–Crippen MR) is 112 cm³/mol. The normalized spacial score (nSPS) is 32.3. The van der Waals surface area contributed by atoms with Crippen LogP contribution in [-0.4, -0.2) is 52.8 Å². The average molecular weight is 414 g/mol. The van der Waals surface area contributed by atoms with E-state index in [1.54, 1.807) is 7.11 Å². The summed E-state index contributed by atoms with van der Waals surface area (Å²) in [5.74, 6) is 5.58. The predicted octanol–water partition coefficient (Wildman–Crippen LogP) is 2.64. The van der Waals surface area contributed by atoms with E-state index in [1.165, 1.54) is 0 Å². The van der Waals surface area contributed by atoms with E-state index in [2.05, 4.69) is 18.8 Å². The van der Waals surface area contributed by atoms with Crippen molar-refractivity contribution in [2.24, 2.45) is 17.8 Å². The van der Waals surface area contributed by atoms with Gasteiger partial charge in [0, 0.05) is 19.4 Å². The quantitative estimate of drug-likeness (QED) is 0.469. The molecule has 2 unspecified atom stereocenters. The van der Waals surface area contributed by atoms with Gasteiger partial charge in [0.15, 0.2) is 0 Å². The van der Waals surface area contributed by atoms with Gasteiger partial charge in [-0.3, -0.25) is 4.79 Å². The summed E-state index contributed by atoms with van der Waals surface area (Å²) in [5.41, 5.74) is 0.588. The van der Waals surface area contributed by atoms with Crippen molar-refractivity contribution in [3.8, 4) is 17.6 Å². The van der Waals surface area contributed by atoms with Crippen molar-refractivity contribution in [2.45, 2.75) is 50.4 Å². The largest absolute Gasteiger partial charge is 0.490 e. The highest BCUT2D eigenvalue weighted by atomic mass is 16.5. The van der Waals surface area contributed by atoms with Crippen LogP contribution in [0.2, 0.25) is 0 Å². The molecule has 0 radical (unpaired) electrons. The average Bonchev–Trinajstić information content (AvgIpc) is 2.74. The Balaban J connectivity index is 1.69. The van der Waals surface area contributed by atoms with E-state index in [-0.39, 0.29) is 30.8 Å². The summed E-state index contributed by atoms with van der Waals surface area (Å²) < 4.78 is 11.5. The molecule has 0 aliphatic heterocycles. The lowest BCUT2D eigenvalue weighted by Crippen LogP contribution is -2.64. The summed E-state index contributed by atoms with van der Waals surface area (Å²) in [6, 6.07) is 9.23. The van der Waals surface area contributed by atoms with E-state index in [0.717, 1.165) is 5.57 Å². The molecule has 3 N–H and O–H groups in total. The van der Waals surface area contributed by atoms with Gasteiger partial charge in [0.25, 0.3) is 0 Å². The van der Waals surface area contributed by atoms with E-state index in [1.807, 2.05) is 36.4 Å². The first kappa shape index (κ1) is 22.4. The van der Waals surface area contributed by atoms with Crippen molar-refractivity contribution in [3.05, 3.63) is 42.0 Å². The third kappa shape index (κ3) is 4.54. The number of aliphatic hydroxyl groups is 2. The van der Waals surface area contributed by atoms with Gasteiger partial charge in [-0.25, -0.2) is 0 Å². The maximum absolute atomic E-state index is 10.8. The number of ether oxygens (including phenoxy) is 2. The van der Waals surface area contributed by atoms with Crippen LogP contribution >= 0.6 is 0 Å². The molecule has 2 saturated carbocycles. The van der Waals surface area contributed by atoms with Gasteiger partial charge >= 0.3 is 5.97 Å². The summed E-state index contributed by atoms with van der Waals surface area (Å²) in [6.07, 6.45) is 2.19. The zero-order valence-corrected chi connectivity index (χ0v) is 17.5. The Morgan fingerprint density at radius 2 is 2.10 bits per heavy atom. The first-order valence-corrected chi connectivity index (χ1v) is 10.4. The maximum Gasteiger partial charge on any atom is 0.303 e. The number of carboxylic acid groups (broad SMARTS) is 1. The fraction of sp³-hybridized carbons (Fsp3) is 0.542. The molecule has 6 atom stereocenters. The highest BCUT2D eigenvalue weighted by Crippen LogP contribution is 2.60. The minimum atomic E-state index is -0.961. The van der Waals surface area contributed by atoms with Crippen LogP contribution in [-0.2, 0) is 9.53 Å². The van der Waals surface area contributed by atoms with Crippen LogP contribution in [0.4, 0.5) is 0 Å². The molecule has 2 fully saturated rings. The van der Waals surface area contributed by atoms with E-state index in [4.69, 9.17) is 14.6 Å². The Morgan fingerprint density at radius 3 is 2.77 bits per heavy atom. The molecule has 3 rings (SSSR count). The topological polar surface area (TPSA) is 96.2 Å². The number of benzene rings is 1. The van der Waals surface area contributed by atoms with E-state index in [9.17, 15) is 15.0 Å². The molecule has 0 amide bonds. The molecule has 2 aliphatic rings. The molecule has 1 aromatic carbocycles. The number of hydrogen-bond acceptors (Lipinski definition) is 5. The third-order valence-electron chi connectivity index (χ3n) is 6.32. The van der Waals surface area contributed by atoms with Crippen LogP contribution in [0, 0.1) is 29.6 Å². The molecular weight excluding hydrogens is 384 g/mol. The second-order valence-corrected chi connectivity index (χ2v) is 8.06. The van der Waals surface area contributed by atoms with Crippen molar-refractivity contribution in [1.29, 1.82) is 0 Å². The number of allylic oxidation sites excluding steroid dienone is 1. The lowest BCUT2D eigenvalue weighted by Gasteiger charge is -2.61. The number of aliphatic carboxylic acids is 1. The van der Waals surface area contributed by atoms with Gasteiger partial charge in [-0.15, -0.1) is 0 Å². The van der Waals surface area contributed by atoms with Crippen LogP contribution in [0.1, 0.15) is 32.6 Å². The van der Waals surface area contributed by atoms with Gasteiger partial charge in [0.1, 0.15) is 18.5 Å². The molecule has 0 spiro atoms. The van der Waals surface area contributed by atoms with Gasteiger partial charge < -0.3 is 24.8 Å². The maximum atomic E-state index is 10.8. The first-order valence-electron chi connectivity index (χ1n) is 10.4. The number of carboxylic acids is 1. The summed E-state index contributed by atoms with van der Waals surface area (Å²) in [6.45, 7) is 2.12. The Bertz CT molecular complexity index is 823. The van der Waals surface area contributed by atoms with Gasteiger partial charge in [-0.05, 0) is 42.9 Å². The Kier molecular flexibility index (Phi) is 7.19. The zero-order valence-electron chi connectivity index (χ0n) is 17.5. The standard InChI is InChI=1S/C24H30O6/c1-16-20(9-6-10-22(27)28)24(29-2)14-13-21(26)19(23(16)24)12-11-17(25)15-30-18-7-4-3-5-8-18/h3-5,7-9,16-17,19,21,23,25-26H,6,10,13-15H2,1-2H3,(H,27,28)/t16?,17?,19-,21+,23+,24-/m0/s1. The molecule has 2 aliphatic carbocycles. The Hall–Kier alpha value is -2.33. The fourth-order valence-electron chi connectivity index (χ4n) is 4.95. The van der Waals surface area contributed by atoms with Crippen molar-refractivity contribution in [2.75, 3.05) is 13.7 Å². The van der Waals surface area contributed by atoms with Crippen molar-refractivity contribution in [1.82, 2.24) is 0 Å². The number of hydrogen-bond donors (Lipinski definition) is 3. The van der Waals surface area contributed by atoms with Crippen LogP contribution in [0.25, 0.3) is 0 Å². The number of rotatable bonds is 7. The highest BCUT2D eigenvalue weighted by Gasteiger charge is 2.62. The SMILES string of the molecule is CO[C@]12CC[C@@H](O)[C@H](C#CC(O)COc3ccccc3)[C@H]1C(C)C2=CCCC(=O)O. The second kappa shape index (κ2) is 9.65. The minimum absolute atomic E-state index is 0.00271. The smallest absolute Gasteiger partial charge is 0.303 e. The summed E-state index contributed by atoms with van der Waals surface area (Å²) in [7, 11) is 1.66. The highest BCUT2D eigenvalue weighted by molar-refractivity contribution is 5.66. The van der Waals surface area contributed by atoms with E-state index < -0.39 is 23.8 Å². The second-order valence-electron chi connectivity index (χ2n) is 8.06. The molecule has 0 saturated heterocycles. The van der Waals surface area contributed by atoms with Crippen molar-refractivity contribution in [3.63, 3.8) is 0 Å². The summed E-state index contributed by atoms with van der Waals surface area (Å²) in [5, 5.41) is 29.7. The summed E-state index contributed by atoms with van der Waals surface area (Å²) in [4.78, 5) is 10.8. The van der Waals surface area contributed by atoms with Crippen LogP contribution in [0.3, 0.4) is 0 Å². The Morgan fingerprint density at radius 1 is 1.37 bits per heavy atom. The minimum Gasteiger partial charge on any atom is -0.490 e. The van der Waals surface area contributed by atoms with Crippen molar-refractivity contribution >= 4 is 5.97 Å². The molecule has 1 aromatic rings. The number of fused-ring (bicyclic) bond motifs is 1.